The number of aliphatic carboxylic acids is 1. The highest BCUT2D eigenvalue weighted by molar-refractivity contribution is 7.89. The first-order chi connectivity index (χ1) is 11.5. The Kier molecular flexibility index (Phi) is 5.11. The van der Waals surface area contributed by atoms with Gasteiger partial charge in [0.25, 0.3) is 0 Å². The predicted octanol–water partition coefficient (Wildman–Crippen LogP) is 2.31. The van der Waals surface area contributed by atoms with Crippen LogP contribution in [0.1, 0.15) is 24.5 Å². The summed E-state index contributed by atoms with van der Waals surface area (Å²) in [4.78, 5) is 10.2. The van der Waals surface area contributed by atoms with Crippen LogP contribution in [0, 0.1) is 23.2 Å². The van der Waals surface area contributed by atoms with E-state index in [1.54, 1.807) is 13.0 Å². The zero-order valence-corrected chi connectivity index (χ0v) is 13.9. The van der Waals surface area contributed by atoms with Crippen LogP contribution >= 0.6 is 0 Å². The van der Waals surface area contributed by atoms with Crippen LogP contribution in [0.15, 0.2) is 23.1 Å². The second-order valence-electron chi connectivity index (χ2n) is 6.02. The average Bonchev–Trinajstić information content (AvgIpc) is 2.52. The fraction of sp³-hybridized carbons (Fsp3) is 0.467. The summed E-state index contributed by atoms with van der Waals surface area (Å²) in [5.41, 5.74) is -1.75. The van der Waals surface area contributed by atoms with Gasteiger partial charge in [0, 0.05) is 13.1 Å². The molecule has 1 heterocycles. The number of piperidine rings is 1. The monoisotopic (exact) mass is 376 g/mol. The number of alkyl halides is 3. The van der Waals surface area contributed by atoms with Gasteiger partial charge in [-0.3, -0.25) is 4.79 Å². The van der Waals surface area contributed by atoms with Gasteiger partial charge in [-0.25, -0.2) is 8.42 Å². The Morgan fingerprint density at radius 3 is 2.52 bits per heavy atom. The van der Waals surface area contributed by atoms with E-state index in [9.17, 15) is 26.4 Å². The molecule has 2 rings (SSSR count). The standard InChI is InChI=1S/C15H15F3N2O4S/c1-9-4-11(14(21)22)8-20(7-9)25(23,24)13-3-2-10(6-19)5-12(13)15(16,17)18/h2-3,5,9,11H,4,7-8H2,1H3,(H,21,22). The highest BCUT2D eigenvalue weighted by atomic mass is 32.2. The molecule has 136 valence electrons. The highest BCUT2D eigenvalue weighted by Crippen LogP contribution is 2.37. The Morgan fingerprint density at radius 2 is 2.00 bits per heavy atom. The first-order valence-corrected chi connectivity index (χ1v) is 8.75. The lowest BCUT2D eigenvalue weighted by molar-refractivity contribution is -0.143. The molecule has 0 saturated carbocycles. The van der Waals surface area contributed by atoms with Crippen molar-refractivity contribution >= 4 is 16.0 Å². The van der Waals surface area contributed by atoms with E-state index < -0.39 is 38.5 Å². The number of carboxylic acids is 1. The second kappa shape index (κ2) is 6.65. The summed E-state index contributed by atoms with van der Waals surface area (Å²) in [5, 5.41) is 17.9. The van der Waals surface area contributed by atoms with E-state index in [0.717, 1.165) is 16.4 Å². The largest absolute Gasteiger partial charge is 0.481 e. The van der Waals surface area contributed by atoms with Crippen LogP contribution in [0.3, 0.4) is 0 Å². The molecule has 1 fully saturated rings. The minimum absolute atomic E-state index is 0.0661. The topological polar surface area (TPSA) is 98.5 Å². The number of benzene rings is 1. The fourth-order valence-corrected chi connectivity index (χ4v) is 4.66. The highest BCUT2D eigenvalue weighted by Gasteiger charge is 2.42. The molecule has 1 aliphatic rings. The molecule has 0 aromatic heterocycles. The van der Waals surface area contributed by atoms with Gasteiger partial charge in [-0.05, 0) is 30.5 Å². The van der Waals surface area contributed by atoms with Crippen molar-refractivity contribution in [2.75, 3.05) is 13.1 Å². The third-order valence-corrected chi connectivity index (χ3v) is 5.90. The van der Waals surface area contributed by atoms with Gasteiger partial charge in [0.1, 0.15) is 0 Å². The smallest absolute Gasteiger partial charge is 0.417 e. The van der Waals surface area contributed by atoms with Crippen LogP contribution in [-0.2, 0) is 21.0 Å². The quantitative estimate of drug-likeness (QED) is 0.873. The van der Waals surface area contributed by atoms with Gasteiger partial charge in [-0.2, -0.15) is 22.7 Å². The van der Waals surface area contributed by atoms with Crippen molar-refractivity contribution in [2.45, 2.75) is 24.4 Å². The minimum Gasteiger partial charge on any atom is -0.481 e. The van der Waals surface area contributed by atoms with Crippen molar-refractivity contribution in [3.63, 3.8) is 0 Å². The molecule has 6 nitrogen and oxygen atoms in total. The van der Waals surface area contributed by atoms with Crippen molar-refractivity contribution in [3.05, 3.63) is 29.3 Å². The van der Waals surface area contributed by atoms with Crippen molar-refractivity contribution in [3.8, 4) is 6.07 Å². The number of carboxylic acid groups (broad SMARTS) is 1. The molecule has 0 amide bonds. The number of rotatable bonds is 3. The van der Waals surface area contributed by atoms with Gasteiger partial charge in [-0.1, -0.05) is 6.92 Å². The fourth-order valence-electron chi connectivity index (χ4n) is 2.86. The van der Waals surface area contributed by atoms with Gasteiger partial charge in [0.2, 0.25) is 10.0 Å². The summed E-state index contributed by atoms with van der Waals surface area (Å²) < 4.78 is 66.0. The number of carbonyl (C=O) groups is 1. The lowest BCUT2D eigenvalue weighted by Crippen LogP contribution is -2.45. The molecular weight excluding hydrogens is 361 g/mol. The Bertz CT molecular complexity index is 830. The summed E-state index contributed by atoms with van der Waals surface area (Å²) in [6.07, 6.45) is -4.72. The first-order valence-electron chi connectivity index (χ1n) is 7.31. The van der Waals surface area contributed by atoms with E-state index in [1.807, 2.05) is 0 Å². The van der Waals surface area contributed by atoms with Crippen molar-refractivity contribution in [1.82, 2.24) is 4.31 Å². The van der Waals surface area contributed by atoms with Crippen LogP contribution in [0.25, 0.3) is 0 Å². The molecule has 0 bridgehead atoms. The first kappa shape index (κ1) is 19.2. The van der Waals surface area contributed by atoms with E-state index in [2.05, 4.69) is 0 Å². The Morgan fingerprint density at radius 1 is 1.36 bits per heavy atom. The molecular formula is C15H15F3N2O4S. The average molecular weight is 376 g/mol. The van der Waals surface area contributed by atoms with Crippen LogP contribution in [0.5, 0.6) is 0 Å². The Labute approximate surface area is 142 Å². The van der Waals surface area contributed by atoms with Gasteiger partial charge < -0.3 is 5.11 Å². The molecule has 2 unspecified atom stereocenters. The molecule has 1 N–H and O–H groups in total. The normalized spacial score (nSPS) is 22.4. The van der Waals surface area contributed by atoms with E-state index in [-0.39, 0.29) is 31.0 Å². The second-order valence-corrected chi connectivity index (χ2v) is 7.92. The van der Waals surface area contributed by atoms with E-state index in [1.165, 1.54) is 0 Å². The summed E-state index contributed by atoms with van der Waals surface area (Å²) in [6, 6.07) is 3.75. The van der Waals surface area contributed by atoms with Crippen molar-refractivity contribution in [2.24, 2.45) is 11.8 Å². The van der Waals surface area contributed by atoms with Crippen molar-refractivity contribution < 1.29 is 31.5 Å². The van der Waals surface area contributed by atoms with Crippen molar-refractivity contribution in [1.29, 1.82) is 5.26 Å². The third-order valence-electron chi connectivity index (χ3n) is 4.01. The molecule has 10 heteroatoms. The Hall–Kier alpha value is -2.12. The number of halogens is 3. The van der Waals surface area contributed by atoms with Crippen LogP contribution in [0.2, 0.25) is 0 Å². The summed E-state index contributed by atoms with van der Waals surface area (Å²) in [6.45, 7) is 1.18. The SMILES string of the molecule is CC1CC(C(=O)O)CN(S(=O)(=O)c2ccc(C#N)cc2C(F)(F)F)C1. The summed E-state index contributed by atoms with van der Waals surface area (Å²) in [5.74, 6) is -2.48. The molecule has 1 saturated heterocycles. The molecule has 2 atom stereocenters. The van der Waals surface area contributed by atoms with E-state index >= 15 is 0 Å². The Balaban J connectivity index is 2.53. The number of hydrogen-bond acceptors (Lipinski definition) is 4. The molecule has 1 aromatic carbocycles. The number of nitriles is 1. The molecule has 0 radical (unpaired) electrons. The zero-order valence-electron chi connectivity index (χ0n) is 13.1. The van der Waals surface area contributed by atoms with Crippen LogP contribution < -0.4 is 0 Å². The van der Waals surface area contributed by atoms with Gasteiger partial charge in [-0.15, -0.1) is 0 Å². The molecule has 0 spiro atoms. The van der Waals surface area contributed by atoms with Gasteiger partial charge in [0.05, 0.1) is 28.0 Å². The zero-order chi connectivity index (χ0) is 19.0. The minimum atomic E-state index is -4.97. The van der Waals surface area contributed by atoms with Gasteiger partial charge >= 0.3 is 12.1 Å². The maximum absolute atomic E-state index is 13.3. The third kappa shape index (κ3) is 3.93. The van der Waals surface area contributed by atoms with Crippen LogP contribution in [-0.4, -0.2) is 36.9 Å². The summed E-state index contributed by atoms with van der Waals surface area (Å²) in [7, 11) is -4.56. The molecule has 25 heavy (non-hydrogen) atoms. The predicted molar refractivity (Wildman–Crippen MR) is 79.8 cm³/mol. The molecule has 0 aliphatic carbocycles. The van der Waals surface area contributed by atoms with E-state index in [0.29, 0.717) is 6.07 Å². The van der Waals surface area contributed by atoms with Crippen LogP contribution in [0.4, 0.5) is 13.2 Å². The maximum atomic E-state index is 13.3. The molecule has 1 aliphatic heterocycles. The van der Waals surface area contributed by atoms with E-state index in [4.69, 9.17) is 10.4 Å². The number of sulfonamides is 1. The lowest BCUT2D eigenvalue weighted by atomic mass is 9.92. The summed E-state index contributed by atoms with van der Waals surface area (Å²) >= 11 is 0. The molecule has 1 aromatic rings. The lowest BCUT2D eigenvalue weighted by Gasteiger charge is -2.34. The van der Waals surface area contributed by atoms with Gasteiger partial charge in [0.15, 0.2) is 0 Å². The number of nitrogens with zero attached hydrogens (tertiary/aromatic N) is 2. The number of hydrogen-bond donors (Lipinski definition) is 1. The maximum Gasteiger partial charge on any atom is 0.417 e.